The lowest BCUT2D eigenvalue weighted by Crippen LogP contribution is -2.77. The molecule has 3 heterocycles. The Morgan fingerprint density at radius 1 is 1.00 bits per heavy atom. The zero-order valence-electron chi connectivity index (χ0n) is 23.4. The number of methoxy groups -OCH3 is 1. The van der Waals surface area contributed by atoms with Crippen LogP contribution >= 0.6 is 23.2 Å². The molecule has 15 heteroatoms. The molecule has 4 rings (SSSR count). The van der Waals surface area contributed by atoms with Gasteiger partial charge in [-0.2, -0.15) is 0 Å². The molecule has 0 bridgehead atoms. The second kappa shape index (κ2) is 13.4. The third-order valence-corrected chi connectivity index (χ3v) is 7.64. The molecule has 2 unspecified atom stereocenters. The molecular weight excluding hydrogens is 599 g/mol. The van der Waals surface area contributed by atoms with Gasteiger partial charge in [-0.3, -0.25) is 20.2 Å². The van der Waals surface area contributed by atoms with Gasteiger partial charge in [0, 0.05) is 7.11 Å². The number of epoxide rings is 1. The van der Waals surface area contributed by atoms with Gasteiger partial charge in [-0.15, -0.1) is 23.2 Å². The van der Waals surface area contributed by atoms with Crippen molar-refractivity contribution in [2.75, 3.05) is 32.1 Å². The van der Waals surface area contributed by atoms with Crippen LogP contribution in [0.15, 0.2) is 30.3 Å². The first kappa shape index (κ1) is 32.4. The first-order valence-corrected chi connectivity index (χ1v) is 14.4. The van der Waals surface area contributed by atoms with Crippen molar-refractivity contribution in [2.45, 2.75) is 74.7 Å². The summed E-state index contributed by atoms with van der Waals surface area (Å²) < 4.78 is 41.7. The summed E-state index contributed by atoms with van der Waals surface area (Å²) in [5, 5.41) is 4.04. The molecule has 1 aromatic carbocycles. The zero-order valence-corrected chi connectivity index (χ0v) is 24.9. The maximum atomic E-state index is 13.1. The second-order valence-electron chi connectivity index (χ2n) is 10.5. The molecule has 2 N–H and O–H groups in total. The Bertz CT molecular complexity index is 1160. The number of imide groups is 2. The summed E-state index contributed by atoms with van der Waals surface area (Å²) in [6.07, 6.45) is -4.11. The highest BCUT2D eigenvalue weighted by Gasteiger charge is 2.79. The van der Waals surface area contributed by atoms with E-state index >= 15 is 0 Å². The fourth-order valence-electron chi connectivity index (χ4n) is 5.43. The molecule has 3 fully saturated rings. The topological polar surface area (TPSA) is 160 Å². The number of hydrogen-bond acceptors (Lipinski definition) is 11. The van der Waals surface area contributed by atoms with Crippen molar-refractivity contribution in [3.63, 3.8) is 0 Å². The second-order valence-corrected chi connectivity index (χ2v) is 11.0. The Balaban J connectivity index is 1.67. The summed E-state index contributed by atoms with van der Waals surface area (Å²) in [7, 11) is 1.32. The van der Waals surface area contributed by atoms with E-state index in [2.05, 4.69) is 5.32 Å². The van der Waals surface area contributed by atoms with Gasteiger partial charge in [-0.1, -0.05) is 30.3 Å². The van der Waals surface area contributed by atoms with Crippen molar-refractivity contribution in [1.82, 2.24) is 10.6 Å². The van der Waals surface area contributed by atoms with E-state index in [1.165, 1.54) is 7.11 Å². The minimum atomic E-state index is -1.97. The van der Waals surface area contributed by atoms with Gasteiger partial charge in [0.2, 0.25) is 23.2 Å². The number of benzene rings is 1. The van der Waals surface area contributed by atoms with Crippen LogP contribution in [0.1, 0.15) is 32.3 Å². The molecule has 6 atom stereocenters. The zero-order chi connectivity index (χ0) is 30.5. The number of rotatable bonds is 10. The van der Waals surface area contributed by atoms with Gasteiger partial charge in [0.25, 0.3) is 0 Å². The molecule has 4 amide bonds. The number of alkyl halides is 2. The number of halogens is 2. The predicted octanol–water partition coefficient (Wildman–Crippen LogP) is 2.39. The van der Waals surface area contributed by atoms with Gasteiger partial charge in [0.05, 0.1) is 12.7 Å². The van der Waals surface area contributed by atoms with Gasteiger partial charge >= 0.3 is 12.2 Å². The SMILES string of the molecule is CO[C@@H]1[C@H](OC(=O)NC(=O)CCl)CO[C@]2(COC(C)(C)O2)[C@@]1(OC(=O)NC(=O)CCl)C1OC1CCCc1ccccc1. The van der Waals surface area contributed by atoms with E-state index in [1.54, 1.807) is 13.8 Å². The maximum Gasteiger partial charge on any atom is 0.414 e. The summed E-state index contributed by atoms with van der Waals surface area (Å²) in [6, 6.07) is 9.89. The molecule has 0 aromatic heterocycles. The Labute approximate surface area is 252 Å². The lowest BCUT2D eigenvalue weighted by molar-refractivity contribution is -0.380. The summed E-state index contributed by atoms with van der Waals surface area (Å²) in [5.41, 5.74) is -0.823. The molecule has 232 valence electrons. The highest BCUT2D eigenvalue weighted by molar-refractivity contribution is 6.28. The highest BCUT2D eigenvalue weighted by atomic mass is 35.5. The fraction of sp³-hybridized carbons (Fsp3) is 0.630. The van der Waals surface area contributed by atoms with Gasteiger partial charge in [-0.25, -0.2) is 9.59 Å². The largest absolute Gasteiger partial charge is 0.441 e. The molecule has 3 saturated heterocycles. The minimum Gasteiger partial charge on any atom is -0.441 e. The smallest absolute Gasteiger partial charge is 0.414 e. The van der Waals surface area contributed by atoms with Crippen LogP contribution in [0.4, 0.5) is 9.59 Å². The summed E-state index contributed by atoms with van der Waals surface area (Å²) in [5.74, 6) is -5.58. The third-order valence-electron chi connectivity index (χ3n) is 7.16. The van der Waals surface area contributed by atoms with E-state index < -0.39 is 77.4 Å². The summed E-state index contributed by atoms with van der Waals surface area (Å²) in [4.78, 5) is 49.3. The first-order chi connectivity index (χ1) is 20.0. The fourth-order valence-corrected chi connectivity index (χ4v) is 5.56. The number of nitrogens with one attached hydrogen (secondary N) is 2. The van der Waals surface area contributed by atoms with Crippen LogP contribution in [-0.2, 0) is 49.2 Å². The quantitative estimate of drug-likeness (QED) is 0.288. The number of amides is 4. The molecule has 0 aliphatic carbocycles. The molecule has 3 aliphatic rings. The first-order valence-electron chi connectivity index (χ1n) is 13.3. The van der Waals surface area contributed by atoms with Crippen LogP contribution in [0.2, 0.25) is 0 Å². The van der Waals surface area contributed by atoms with Crippen LogP contribution in [0.5, 0.6) is 0 Å². The van der Waals surface area contributed by atoms with Crippen LogP contribution in [-0.4, -0.2) is 97.7 Å². The summed E-state index contributed by atoms with van der Waals surface area (Å²) in [6.45, 7) is 2.78. The number of carbonyl (C=O) groups excluding carboxylic acids is 4. The Hall–Kier alpha value is -2.52. The molecule has 0 saturated carbocycles. The van der Waals surface area contributed by atoms with Crippen molar-refractivity contribution in [1.29, 1.82) is 0 Å². The van der Waals surface area contributed by atoms with E-state index in [0.717, 1.165) is 18.4 Å². The van der Waals surface area contributed by atoms with E-state index in [-0.39, 0.29) is 13.2 Å². The van der Waals surface area contributed by atoms with E-state index in [1.807, 2.05) is 35.6 Å². The molecular formula is C27H34Cl2N2O11. The van der Waals surface area contributed by atoms with Gasteiger partial charge in [0.1, 0.15) is 30.6 Å². The van der Waals surface area contributed by atoms with Gasteiger partial charge in [-0.05, 0) is 38.7 Å². The molecule has 42 heavy (non-hydrogen) atoms. The lowest BCUT2D eigenvalue weighted by atomic mass is 9.77. The van der Waals surface area contributed by atoms with E-state index in [9.17, 15) is 19.2 Å². The lowest BCUT2D eigenvalue weighted by Gasteiger charge is -2.53. The molecule has 1 spiro atoms. The molecule has 1 aromatic rings. The van der Waals surface area contributed by atoms with Gasteiger partial charge < -0.3 is 33.2 Å². The summed E-state index contributed by atoms with van der Waals surface area (Å²) >= 11 is 11.1. The average Bonchev–Trinajstić information content (AvgIpc) is 3.66. The molecule has 0 radical (unpaired) electrons. The minimum absolute atomic E-state index is 0.225. The van der Waals surface area contributed by atoms with Gasteiger partial charge in [0.15, 0.2) is 11.9 Å². The van der Waals surface area contributed by atoms with Crippen molar-refractivity contribution < 1.29 is 52.3 Å². The standard InChI is InChI=1S/C27H34Cl2N2O11/c1-25(2)38-15-26(42-25)27(41-24(35)31-20(33)13-29,22-17(39-22)11-7-10-16-8-5-4-6-9-16)21(36-3)18(14-37-26)40-23(34)30-19(32)12-28/h4-6,8-9,17-18,21-22H,7,10-15H2,1-3H3,(H,30,32,34)(H,31,33,35)/t17?,18-,21-,22?,26+,27+/m1/s1. The van der Waals surface area contributed by atoms with Crippen LogP contribution in [0, 0.1) is 0 Å². The molecule has 3 aliphatic heterocycles. The number of ether oxygens (including phenoxy) is 7. The Morgan fingerprint density at radius 2 is 1.67 bits per heavy atom. The average molecular weight is 633 g/mol. The Morgan fingerprint density at radius 3 is 2.26 bits per heavy atom. The van der Waals surface area contributed by atoms with Crippen LogP contribution in [0.25, 0.3) is 0 Å². The predicted molar refractivity (Wildman–Crippen MR) is 146 cm³/mol. The van der Waals surface area contributed by atoms with Crippen molar-refractivity contribution in [2.24, 2.45) is 0 Å². The van der Waals surface area contributed by atoms with Crippen LogP contribution in [0.3, 0.4) is 0 Å². The number of alkyl carbamates (subject to hydrolysis) is 2. The highest BCUT2D eigenvalue weighted by Crippen LogP contribution is 2.55. The van der Waals surface area contributed by atoms with E-state index in [0.29, 0.717) is 6.42 Å². The number of aryl methyl sites for hydroxylation is 1. The van der Waals surface area contributed by atoms with Crippen molar-refractivity contribution in [3.8, 4) is 0 Å². The normalized spacial score (nSPS) is 31.3. The van der Waals surface area contributed by atoms with E-state index in [4.69, 9.17) is 56.4 Å². The third kappa shape index (κ3) is 6.99. The number of carbonyl (C=O) groups is 4. The maximum absolute atomic E-state index is 13.1. The monoisotopic (exact) mass is 632 g/mol. The Kier molecular flexibility index (Phi) is 10.3. The van der Waals surface area contributed by atoms with Crippen LogP contribution < -0.4 is 10.6 Å². The van der Waals surface area contributed by atoms with Crippen molar-refractivity contribution >= 4 is 47.2 Å². The number of hydrogen-bond donors (Lipinski definition) is 2. The van der Waals surface area contributed by atoms with Crippen molar-refractivity contribution in [3.05, 3.63) is 35.9 Å². The molecule has 13 nitrogen and oxygen atoms in total.